The minimum atomic E-state index is -0.934. The topological polar surface area (TPSA) is 91.3 Å². The van der Waals surface area contributed by atoms with E-state index in [1.54, 1.807) is 6.20 Å². The number of carbonyl (C=O) groups is 2. The minimum Gasteiger partial charge on any atom is -0.481 e. The number of thiazole rings is 1. The predicted octanol–water partition coefficient (Wildman–Crippen LogP) is 3.31. The summed E-state index contributed by atoms with van der Waals surface area (Å²) in [6, 6.07) is -0.863. The van der Waals surface area contributed by atoms with Crippen LogP contribution in [0.1, 0.15) is 33.6 Å². The van der Waals surface area contributed by atoms with Crippen LogP contribution in [0, 0.1) is 5.41 Å². The third-order valence-corrected chi connectivity index (χ3v) is 3.70. The summed E-state index contributed by atoms with van der Waals surface area (Å²) in [6.07, 6.45) is 2.06. The smallest absolute Gasteiger partial charge is 0.321 e. The molecular weight excluding hydrogens is 346 g/mol. The van der Waals surface area contributed by atoms with E-state index in [2.05, 4.69) is 31.5 Å². The van der Waals surface area contributed by atoms with Crippen molar-refractivity contribution in [2.75, 3.05) is 5.32 Å². The zero-order chi connectivity index (χ0) is 15.3. The van der Waals surface area contributed by atoms with E-state index in [1.165, 1.54) is 11.3 Å². The first-order valence-electron chi connectivity index (χ1n) is 6.06. The Morgan fingerprint density at radius 3 is 2.60 bits per heavy atom. The van der Waals surface area contributed by atoms with Crippen molar-refractivity contribution in [1.29, 1.82) is 0 Å². The van der Waals surface area contributed by atoms with Gasteiger partial charge in [-0.1, -0.05) is 32.1 Å². The Bertz CT molecular complexity index is 485. The molecule has 0 saturated carbocycles. The highest BCUT2D eigenvalue weighted by atomic mass is 79.9. The van der Waals surface area contributed by atoms with Gasteiger partial charge in [-0.25, -0.2) is 9.78 Å². The lowest BCUT2D eigenvalue weighted by molar-refractivity contribution is -0.137. The van der Waals surface area contributed by atoms with Gasteiger partial charge in [-0.3, -0.25) is 10.1 Å². The molecule has 8 heteroatoms. The maximum absolute atomic E-state index is 11.8. The van der Waals surface area contributed by atoms with Gasteiger partial charge in [0, 0.05) is 6.04 Å². The Kier molecular flexibility index (Phi) is 5.94. The van der Waals surface area contributed by atoms with E-state index < -0.39 is 18.0 Å². The number of anilines is 1. The van der Waals surface area contributed by atoms with Crippen LogP contribution in [-0.4, -0.2) is 28.1 Å². The van der Waals surface area contributed by atoms with E-state index in [4.69, 9.17) is 5.11 Å². The fraction of sp³-hybridized carbons (Fsp3) is 0.583. The van der Waals surface area contributed by atoms with Gasteiger partial charge in [0.1, 0.15) is 0 Å². The van der Waals surface area contributed by atoms with Crippen molar-refractivity contribution in [3.63, 3.8) is 0 Å². The molecule has 1 rings (SSSR count). The van der Waals surface area contributed by atoms with E-state index in [1.807, 2.05) is 20.8 Å². The van der Waals surface area contributed by atoms with Gasteiger partial charge in [-0.05, 0) is 27.8 Å². The zero-order valence-corrected chi connectivity index (χ0v) is 14.0. The number of nitrogens with one attached hydrogen (secondary N) is 2. The number of aliphatic carboxylic acids is 1. The number of hydrogen-bond donors (Lipinski definition) is 3. The minimum absolute atomic E-state index is 0.0718. The third kappa shape index (κ3) is 6.85. The molecule has 0 aliphatic carbocycles. The highest BCUT2D eigenvalue weighted by molar-refractivity contribution is 9.11. The predicted molar refractivity (Wildman–Crippen MR) is 82.1 cm³/mol. The molecule has 1 aromatic rings. The number of halogens is 1. The lowest BCUT2D eigenvalue weighted by atomic mass is 9.87. The Morgan fingerprint density at radius 1 is 1.50 bits per heavy atom. The zero-order valence-electron chi connectivity index (χ0n) is 11.6. The standard InChI is InChI=1S/C12H18BrN3O3S/c1-12(2,3)5-7(4-9(17)18)15-10(19)16-11-14-6-8(13)20-11/h6-7H,4-5H2,1-3H3,(H,17,18)(H2,14,15,16,19). The SMILES string of the molecule is CC(C)(C)CC(CC(=O)O)NC(=O)Nc1ncc(Br)s1. The molecule has 0 radical (unpaired) electrons. The molecule has 0 aliphatic rings. The van der Waals surface area contributed by atoms with Crippen LogP contribution in [0.25, 0.3) is 0 Å². The maximum Gasteiger partial charge on any atom is 0.321 e. The van der Waals surface area contributed by atoms with Crippen LogP contribution in [0.4, 0.5) is 9.93 Å². The van der Waals surface area contributed by atoms with E-state index in [0.29, 0.717) is 11.6 Å². The van der Waals surface area contributed by atoms with Crippen molar-refractivity contribution in [1.82, 2.24) is 10.3 Å². The molecule has 0 aliphatic heterocycles. The number of hydrogen-bond acceptors (Lipinski definition) is 4. The lowest BCUT2D eigenvalue weighted by Gasteiger charge is -2.25. The molecule has 0 spiro atoms. The van der Waals surface area contributed by atoms with E-state index in [0.717, 1.165) is 3.79 Å². The summed E-state index contributed by atoms with van der Waals surface area (Å²) in [6.45, 7) is 6.00. The second kappa shape index (κ2) is 7.03. The summed E-state index contributed by atoms with van der Waals surface area (Å²) in [7, 11) is 0. The highest BCUT2D eigenvalue weighted by Crippen LogP contribution is 2.24. The molecule has 1 unspecified atom stereocenters. The Hall–Kier alpha value is -1.15. The number of carbonyl (C=O) groups excluding carboxylic acids is 1. The molecule has 0 aromatic carbocycles. The van der Waals surface area contributed by atoms with Crippen molar-refractivity contribution in [3.05, 3.63) is 9.98 Å². The van der Waals surface area contributed by atoms with E-state index in [-0.39, 0.29) is 11.8 Å². The van der Waals surface area contributed by atoms with Crippen molar-refractivity contribution >= 4 is 44.4 Å². The average molecular weight is 364 g/mol. The van der Waals surface area contributed by atoms with Crippen LogP contribution < -0.4 is 10.6 Å². The van der Waals surface area contributed by atoms with Crippen LogP contribution >= 0.6 is 27.3 Å². The van der Waals surface area contributed by atoms with Gasteiger partial charge >= 0.3 is 12.0 Å². The van der Waals surface area contributed by atoms with E-state index in [9.17, 15) is 9.59 Å². The summed E-state index contributed by atoms with van der Waals surface area (Å²) in [4.78, 5) is 26.7. The Labute approximate surface area is 130 Å². The van der Waals surface area contributed by atoms with Crippen LogP contribution in [0.5, 0.6) is 0 Å². The van der Waals surface area contributed by atoms with Crippen molar-refractivity contribution in [2.24, 2.45) is 5.41 Å². The van der Waals surface area contributed by atoms with Crippen LogP contribution in [0.3, 0.4) is 0 Å². The average Bonchev–Trinajstić information content (AvgIpc) is 2.59. The van der Waals surface area contributed by atoms with Crippen LogP contribution in [-0.2, 0) is 4.79 Å². The van der Waals surface area contributed by atoms with E-state index >= 15 is 0 Å². The van der Waals surface area contributed by atoms with Gasteiger partial charge < -0.3 is 10.4 Å². The number of amides is 2. The molecule has 0 bridgehead atoms. The maximum atomic E-state index is 11.8. The van der Waals surface area contributed by atoms with Gasteiger partial charge in [0.25, 0.3) is 0 Å². The summed E-state index contributed by atoms with van der Waals surface area (Å²) < 4.78 is 0.810. The Morgan fingerprint density at radius 2 is 2.15 bits per heavy atom. The van der Waals surface area contributed by atoms with Gasteiger partial charge in [-0.15, -0.1) is 0 Å². The molecule has 0 fully saturated rings. The second-order valence-electron chi connectivity index (χ2n) is 5.63. The molecule has 1 aromatic heterocycles. The van der Waals surface area contributed by atoms with Crippen molar-refractivity contribution < 1.29 is 14.7 Å². The first-order valence-corrected chi connectivity index (χ1v) is 7.67. The van der Waals surface area contributed by atoms with Crippen molar-refractivity contribution in [3.8, 4) is 0 Å². The molecule has 2 amide bonds. The second-order valence-corrected chi connectivity index (χ2v) is 8.04. The quantitative estimate of drug-likeness (QED) is 0.748. The highest BCUT2D eigenvalue weighted by Gasteiger charge is 2.23. The number of urea groups is 1. The number of rotatable bonds is 5. The number of nitrogens with zero attached hydrogens (tertiary/aromatic N) is 1. The number of aromatic nitrogens is 1. The van der Waals surface area contributed by atoms with Crippen LogP contribution in [0.15, 0.2) is 9.98 Å². The fourth-order valence-corrected chi connectivity index (χ4v) is 2.86. The van der Waals surface area contributed by atoms with Gasteiger partial charge in [0.2, 0.25) is 0 Å². The molecule has 6 nitrogen and oxygen atoms in total. The Balaban J connectivity index is 2.59. The van der Waals surface area contributed by atoms with Gasteiger partial charge in [0.05, 0.1) is 16.4 Å². The molecular formula is C12H18BrN3O3S. The largest absolute Gasteiger partial charge is 0.481 e. The third-order valence-electron chi connectivity index (χ3n) is 2.31. The molecule has 3 N–H and O–H groups in total. The summed E-state index contributed by atoms with van der Waals surface area (Å²) in [5.74, 6) is -0.934. The monoisotopic (exact) mass is 363 g/mol. The first-order chi connectivity index (χ1) is 9.15. The lowest BCUT2D eigenvalue weighted by Crippen LogP contribution is -2.41. The van der Waals surface area contributed by atoms with Crippen LogP contribution in [0.2, 0.25) is 0 Å². The number of carboxylic acid groups (broad SMARTS) is 1. The molecule has 1 heterocycles. The van der Waals surface area contributed by atoms with Gasteiger partial charge in [0.15, 0.2) is 5.13 Å². The molecule has 1 atom stereocenters. The summed E-state index contributed by atoms with van der Waals surface area (Å²) >= 11 is 4.54. The van der Waals surface area contributed by atoms with Crippen molar-refractivity contribution in [2.45, 2.75) is 39.7 Å². The normalized spacial score (nSPS) is 12.8. The summed E-state index contributed by atoms with van der Waals surface area (Å²) in [5, 5.41) is 14.6. The summed E-state index contributed by atoms with van der Waals surface area (Å²) in [5.41, 5.74) is -0.0718. The molecule has 20 heavy (non-hydrogen) atoms. The first kappa shape index (κ1) is 16.9. The number of carboxylic acids is 1. The molecule has 0 saturated heterocycles. The molecule has 112 valence electrons. The fourth-order valence-electron chi connectivity index (χ4n) is 1.76. The van der Waals surface area contributed by atoms with Gasteiger partial charge in [-0.2, -0.15) is 0 Å².